The van der Waals surface area contributed by atoms with Crippen LogP contribution >= 0.6 is 0 Å². The summed E-state index contributed by atoms with van der Waals surface area (Å²) in [7, 11) is 0.745. The molecule has 3 atom stereocenters. The molecule has 8 heteroatoms. The highest BCUT2D eigenvalue weighted by Crippen LogP contribution is 2.25. The molecule has 1 saturated heterocycles. The van der Waals surface area contributed by atoms with Crippen LogP contribution in [0.3, 0.4) is 0 Å². The maximum absolute atomic E-state index is 12.3. The van der Waals surface area contributed by atoms with Gasteiger partial charge in [0.1, 0.15) is 0 Å². The normalized spacial score (nSPS) is 28.8. The Morgan fingerprint density at radius 3 is 2.54 bits per heavy atom. The minimum Gasteiger partial charge on any atom is -0.354 e. The molecule has 0 bridgehead atoms. The quantitative estimate of drug-likeness (QED) is 0.544. The molecule has 1 aliphatic heterocycles. The number of amides is 1. The molecule has 1 amide bonds. The zero-order valence-corrected chi connectivity index (χ0v) is 17.3. The van der Waals surface area contributed by atoms with Crippen LogP contribution in [-0.2, 0) is 14.6 Å². The van der Waals surface area contributed by atoms with Gasteiger partial charge in [-0.05, 0) is 45.4 Å². The lowest BCUT2D eigenvalue weighted by atomic mass is 9.85. The minimum absolute atomic E-state index is 0.0662. The van der Waals surface area contributed by atoms with Gasteiger partial charge in [-0.3, -0.25) is 9.79 Å². The smallest absolute Gasteiger partial charge is 0.225 e. The summed E-state index contributed by atoms with van der Waals surface area (Å²) in [6.45, 7) is 4.63. The number of aliphatic imine (C=N–C) groups is 1. The molecule has 150 valence electrons. The van der Waals surface area contributed by atoms with E-state index in [4.69, 9.17) is 0 Å². The molecular weight excluding hydrogens is 352 g/mol. The first-order chi connectivity index (χ1) is 12.2. The van der Waals surface area contributed by atoms with Crippen LogP contribution in [0.15, 0.2) is 4.99 Å². The predicted molar refractivity (Wildman–Crippen MR) is 105 cm³/mol. The van der Waals surface area contributed by atoms with Crippen molar-refractivity contribution in [1.82, 2.24) is 15.5 Å². The van der Waals surface area contributed by atoms with Crippen LogP contribution in [0, 0.1) is 11.8 Å². The Morgan fingerprint density at radius 2 is 1.96 bits per heavy atom. The zero-order chi connectivity index (χ0) is 19.3. The fourth-order valence-corrected chi connectivity index (χ4v) is 5.60. The first kappa shape index (κ1) is 21.0. The summed E-state index contributed by atoms with van der Waals surface area (Å²) in [4.78, 5) is 18.6. The van der Waals surface area contributed by atoms with Crippen molar-refractivity contribution in [2.45, 2.75) is 58.0 Å². The molecule has 0 radical (unpaired) electrons. The molecular formula is C18H34N4O3S. The number of nitrogens with zero attached hydrogens (tertiary/aromatic N) is 2. The Kier molecular flexibility index (Phi) is 7.32. The lowest BCUT2D eigenvalue weighted by molar-refractivity contribution is -0.134. The molecule has 1 heterocycles. The SMILES string of the molecule is CC(C)NC(=NCC1CCS(=O)(=O)C1)NC1CCCC(C(=O)N(C)C)C1. The van der Waals surface area contributed by atoms with E-state index >= 15 is 0 Å². The highest BCUT2D eigenvalue weighted by Gasteiger charge is 2.30. The van der Waals surface area contributed by atoms with Gasteiger partial charge in [0.2, 0.25) is 5.91 Å². The van der Waals surface area contributed by atoms with E-state index < -0.39 is 9.84 Å². The van der Waals surface area contributed by atoms with Gasteiger partial charge in [-0.2, -0.15) is 0 Å². The van der Waals surface area contributed by atoms with Crippen molar-refractivity contribution in [2.24, 2.45) is 16.8 Å². The molecule has 0 aromatic carbocycles. The van der Waals surface area contributed by atoms with E-state index in [0.717, 1.165) is 31.6 Å². The molecule has 2 rings (SSSR count). The second kappa shape index (κ2) is 9.06. The van der Waals surface area contributed by atoms with Gasteiger partial charge >= 0.3 is 0 Å². The Morgan fingerprint density at radius 1 is 1.23 bits per heavy atom. The molecule has 7 nitrogen and oxygen atoms in total. The topological polar surface area (TPSA) is 90.9 Å². The van der Waals surface area contributed by atoms with Crippen LogP contribution in [-0.4, -0.2) is 69.4 Å². The molecule has 1 aliphatic carbocycles. The van der Waals surface area contributed by atoms with E-state index in [1.807, 2.05) is 14.1 Å². The summed E-state index contributed by atoms with van der Waals surface area (Å²) < 4.78 is 23.2. The average molecular weight is 387 g/mol. The predicted octanol–water partition coefficient (Wildman–Crippen LogP) is 1.01. The third-order valence-electron chi connectivity index (χ3n) is 5.06. The highest BCUT2D eigenvalue weighted by molar-refractivity contribution is 7.91. The summed E-state index contributed by atoms with van der Waals surface area (Å²) in [6, 6.07) is 0.450. The summed E-state index contributed by atoms with van der Waals surface area (Å²) in [5.41, 5.74) is 0. The first-order valence-electron chi connectivity index (χ1n) is 9.65. The monoisotopic (exact) mass is 386 g/mol. The van der Waals surface area contributed by atoms with Crippen LogP contribution < -0.4 is 10.6 Å². The van der Waals surface area contributed by atoms with Crippen molar-refractivity contribution in [2.75, 3.05) is 32.1 Å². The van der Waals surface area contributed by atoms with Gasteiger partial charge < -0.3 is 15.5 Å². The largest absolute Gasteiger partial charge is 0.354 e. The molecule has 2 aliphatic rings. The van der Waals surface area contributed by atoms with Crippen LogP contribution in [0.4, 0.5) is 0 Å². The van der Waals surface area contributed by atoms with E-state index in [0.29, 0.717) is 13.0 Å². The lowest BCUT2D eigenvalue weighted by Crippen LogP contribution is -2.48. The van der Waals surface area contributed by atoms with Crippen molar-refractivity contribution in [1.29, 1.82) is 0 Å². The summed E-state index contributed by atoms with van der Waals surface area (Å²) >= 11 is 0. The number of carbonyl (C=O) groups excluding carboxylic acids is 1. The van der Waals surface area contributed by atoms with E-state index in [-0.39, 0.29) is 41.3 Å². The van der Waals surface area contributed by atoms with Gasteiger partial charge in [0, 0.05) is 38.6 Å². The third-order valence-corrected chi connectivity index (χ3v) is 6.90. The molecule has 2 N–H and O–H groups in total. The van der Waals surface area contributed by atoms with Gasteiger partial charge in [0.15, 0.2) is 15.8 Å². The fraction of sp³-hybridized carbons (Fsp3) is 0.889. The second-order valence-corrected chi connectivity index (χ2v) is 10.4. The number of rotatable bonds is 5. The van der Waals surface area contributed by atoms with E-state index in [2.05, 4.69) is 29.5 Å². The van der Waals surface area contributed by atoms with Crippen LogP contribution in [0.1, 0.15) is 46.0 Å². The van der Waals surface area contributed by atoms with Crippen molar-refractivity contribution in [3.63, 3.8) is 0 Å². The lowest BCUT2D eigenvalue weighted by Gasteiger charge is -2.32. The highest BCUT2D eigenvalue weighted by atomic mass is 32.2. The number of hydrogen-bond acceptors (Lipinski definition) is 4. The summed E-state index contributed by atoms with van der Waals surface area (Å²) in [6.07, 6.45) is 4.50. The Bertz CT molecular complexity index is 616. The molecule has 0 aromatic rings. The Balaban J connectivity index is 1.96. The van der Waals surface area contributed by atoms with Crippen molar-refractivity contribution in [3.8, 4) is 0 Å². The van der Waals surface area contributed by atoms with E-state index in [9.17, 15) is 13.2 Å². The zero-order valence-electron chi connectivity index (χ0n) is 16.5. The first-order valence-corrected chi connectivity index (χ1v) is 11.5. The number of hydrogen-bond donors (Lipinski definition) is 2. The fourth-order valence-electron chi connectivity index (χ4n) is 3.75. The van der Waals surface area contributed by atoms with Crippen LogP contribution in [0.25, 0.3) is 0 Å². The average Bonchev–Trinajstić information content (AvgIpc) is 2.90. The van der Waals surface area contributed by atoms with E-state index in [1.54, 1.807) is 4.90 Å². The third kappa shape index (κ3) is 6.45. The minimum atomic E-state index is -2.87. The summed E-state index contributed by atoms with van der Waals surface area (Å²) in [5, 5.41) is 6.81. The molecule has 26 heavy (non-hydrogen) atoms. The Labute approximate surface area is 157 Å². The number of nitrogens with one attached hydrogen (secondary N) is 2. The molecule has 1 saturated carbocycles. The van der Waals surface area contributed by atoms with Gasteiger partial charge in [-0.25, -0.2) is 8.42 Å². The van der Waals surface area contributed by atoms with Gasteiger partial charge in [0.25, 0.3) is 0 Å². The van der Waals surface area contributed by atoms with Gasteiger partial charge in [-0.15, -0.1) is 0 Å². The number of carbonyl (C=O) groups is 1. The van der Waals surface area contributed by atoms with E-state index in [1.165, 1.54) is 0 Å². The molecule has 2 fully saturated rings. The molecule has 0 aromatic heterocycles. The van der Waals surface area contributed by atoms with Crippen LogP contribution in [0.2, 0.25) is 0 Å². The maximum Gasteiger partial charge on any atom is 0.225 e. The van der Waals surface area contributed by atoms with Gasteiger partial charge in [0.05, 0.1) is 11.5 Å². The van der Waals surface area contributed by atoms with Crippen molar-refractivity contribution < 1.29 is 13.2 Å². The van der Waals surface area contributed by atoms with Crippen LogP contribution in [0.5, 0.6) is 0 Å². The second-order valence-electron chi connectivity index (χ2n) is 8.19. The number of sulfone groups is 1. The van der Waals surface area contributed by atoms with Gasteiger partial charge in [-0.1, -0.05) is 6.42 Å². The number of guanidine groups is 1. The Hall–Kier alpha value is -1.31. The standard InChI is InChI=1S/C18H34N4O3S/c1-13(2)20-18(19-11-14-8-9-26(24,25)12-14)21-16-7-5-6-15(10-16)17(23)22(3)4/h13-16H,5-12H2,1-4H3,(H2,19,20,21). The van der Waals surface area contributed by atoms with Crippen molar-refractivity contribution >= 4 is 21.7 Å². The summed E-state index contributed by atoms with van der Waals surface area (Å²) in [5.74, 6) is 1.63. The molecule has 0 spiro atoms. The van der Waals surface area contributed by atoms with Crippen molar-refractivity contribution in [3.05, 3.63) is 0 Å². The molecule has 3 unspecified atom stereocenters. The maximum atomic E-state index is 12.3.